The zero-order valence-electron chi connectivity index (χ0n) is 19.1. The van der Waals surface area contributed by atoms with E-state index >= 15 is 0 Å². The van der Waals surface area contributed by atoms with E-state index in [1.165, 1.54) is 42.5 Å². The van der Waals surface area contributed by atoms with Crippen molar-refractivity contribution in [3.63, 3.8) is 0 Å². The Morgan fingerprint density at radius 1 is 0.788 bits per heavy atom. The van der Waals surface area contributed by atoms with Gasteiger partial charge in [-0.3, -0.25) is 14.5 Å². The topological polar surface area (TPSA) is 37.4 Å². The third-order valence-corrected chi connectivity index (χ3v) is 5.29. The van der Waals surface area contributed by atoms with Gasteiger partial charge in [-0.25, -0.2) is 13.2 Å². The quantitative estimate of drug-likeness (QED) is 0.400. The summed E-state index contributed by atoms with van der Waals surface area (Å²) in [5, 5.41) is 0. The Kier molecular flexibility index (Phi) is 7.18. The average Bonchev–Trinajstić information content (AvgIpc) is 2.74. The number of hydrogen-bond acceptors (Lipinski definition) is 3. The molecule has 6 heteroatoms. The van der Waals surface area contributed by atoms with Crippen molar-refractivity contribution in [3.8, 4) is 0 Å². The number of carbonyl (C=O) groups is 2. The molecule has 0 fully saturated rings. The second-order valence-electron chi connectivity index (χ2n) is 9.18. The van der Waals surface area contributed by atoms with Crippen LogP contribution in [-0.2, 0) is 13.1 Å². The van der Waals surface area contributed by atoms with E-state index in [2.05, 4.69) is 0 Å². The number of ketones is 2. The summed E-state index contributed by atoms with van der Waals surface area (Å²) in [4.78, 5) is 26.6. The Balaban J connectivity index is 1.70. The Morgan fingerprint density at radius 2 is 1.48 bits per heavy atom. The molecule has 0 aromatic heterocycles. The molecule has 3 nitrogen and oxygen atoms in total. The van der Waals surface area contributed by atoms with Crippen LogP contribution in [0.3, 0.4) is 0 Å². The van der Waals surface area contributed by atoms with E-state index in [1.54, 1.807) is 44.9 Å². The highest BCUT2D eigenvalue weighted by Crippen LogP contribution is 2.24. The first-order valence-electron chi connectivity index (χ1n) is 10.6. The SMILES string of the molecule is CN(Cc1ccc(C(=O)C(C)(C)C)c(F)c1)Cc1ccc(C(=O)c2ccccc2F)cc1F. The maximum absolute atomic E-state index is 14.7. The normalized spacial score (nSPS) is 11.6. The lowest BCUT2D eigenvalue weighted by atomic mass is 9.86. The Morgan fingerprint density at radius 3 is 2.09 bits per heavy atom. The molecule has 172 valence electrons. The lowest BCUT2D eigenvalue weighted by molar-refractivity contribution is 0.0853. The molecule has 3 aromatic rings. The number of benzene rings is 3. The van der Waals surface area contributed by atoms with Gasteiger partial charge in [-0.1, -0.05) is 51.1 Å². The van der Waals surface area contributed by atoms with Gasteiger partial charge in [-0.05, 0) is 42.9 Å². The molecular formula is C27H26F3NO2. The van der Waals surface area contributed by atoms with E-state index in [4.69, 9.17) is 0 Å². The van der Waals surface area contributed by atoms with Crippen molar-refractivity contribution in [2.24, 2.45) is 5.41 Å². The van der Waals surface area contributed by atoms with Gasteiger partial charge in [0, 0.05) is 29.6 Å². The van der Waals surface area contributed by atoms with E-state index in [0.717, 1.165) is 6.07 Å². The highest BCUT2D eigenvalue weighted by Gasteiger charge is 2.25. The molecule has 0 aliphatic heterocycles. The van der Waals surface area contributed by atoms with Crippen molar-refractivity contribution in [1.29, 1.82) is 0 Å². The molecule has 0 amide bonds. The summed E-state index contributed by atoms with van der Waals surface area (Å²) in [6, 6.07) is 14.1. The minimum atomic E-state index is -0.684. The van der Waals surface area contributed by atoms with Crippen LogP contribution in [0.5, 0.6) is 0 Å². The van der Waals surface area contributed by atoms with Crippen molar-refractivity contribution in [2.75, 3.05) is 7.05 Å². The molecule has 0 N–H and O–H groups in total. The number of hydrogen-bond donors (Lipinski definition) is 0. The molecule has 0 saturated heterocycles. The number of halogens is 3. The first-order valence-corrected chi connectivity index (χ1v) is 10.6. The van der Waals surface area contributed by atoms with Crippen LogP contribution in [0.2, 0.25) is 0 Å². The second-order valence-corrected chi connectivity index (χ2v) is 9.18. The largest absolute Gasteiger partial charge is 0.298 e. The first kappa shape index (κ1) is 24.4. The average molecular weight is 454 g/mol. The molecule has 0 unspecified atom stereocenters. The highest BCUT2D eigenvalue weighted by molar-refractivity contribution is 6.09. The summed E-state index contributed by atoms with van der Waals surface area (Å²) in [6.07, 6.45) is 0. The molecule has 0 aliphatic carbocycles. The standard InChI is InChI=1S/C27H26F3NO2/c1-27(2,3)26(33)21-12-9-17(13-24(21)30)15-31(4)16-19-11-10-18(14-23(19)29)25(32)20-7-5-6-8-22(20)28/h5-14H,15-16H2,1-4H3. The summed E-state index contributed by atoms with van der Waals surface area (Å²) in [6.45, 7) is 5.75. The van der Waals surface area contributed by atoms with E-state index < -0.39 is 28.6 Å². The highest BCUT2D eigenvalue weighted by atomic mass is 19.1. The fourth-order valence-corrected chi connectivity index (χ4v) is 3.52. The zero-order valence-corrected chi connectivity index (χ0v) is 19.1. The molecule has 0 spiro atoms. The Hall–Kier alpha value is -3.25. The molecule has 3 rings (SSSR count). The molecule has 0 heterocycles. The lowest BCUT2D eigenvalue weighted by Gasteiger charge is -2.19. The van der Waals surface area contributed by atoms with Crippen LogP contribution in [0.25, 0.3) is 0 Å². The Labute approximate surface area is 191 Å². The van der Waals surface area contributed by atoms with E-state index in [1.807, 2.05) is 0 Å². The van der Waals surface area contributed by atoms with Gasteiger partial charge in [0.05, 0.1) is 11.1 Å². The molecule has 0 atom stereocenters. The van der Waals surface area contributed by atoms with Gasteiger partial charge in [-0.15, -0.1) is 0 Å². The minimum absolute atomic E-state index is 0.0510. The summed E-state index contributed by atoms with van der Waals surface area (Å²) in [5.41, 5.74) is 0.309. The zero-order chi connectivity index (χ0) is 24.3. The van der Waals surface area contributed by atoms with Crippen LogP contribution in [0.15, 0.2) is 60.7 Å². The van der Waals surface area contributed by atoms with Crippen LogP contribution >= 0.6 is 0 Å². The monoisotopic (exact) mass is 453 g/mol. The molecule has 0 aliphatic rings. The fraction of sp³-hybridized carbons (Fsp3) is 0.259. The van der Waals surface area contributed by atoms with E-state index in [0.29, 0.717) is 17.7 Å². The van der Waals surface area contributed by atoms with Crippen LogP contribution in [0.1, 0.15) is 58.2 Å². The smallest absolute Gasteiger partial charge is 0.196 e. The molecule has 3 aromatic carbocycles. The van der Waals surface area contributed by atoms with Gasteiger partial charge in [0.15, 0.2) is 11.6 Å². The summed E-state index contributed by atoms with van der Waals surface area (Å²) < 4.78 is 43.0. The summed E-state index contributed by atoms with van der Waals surface area (Å²) in [5.74, 6) is -2.68. The van der Waals surface area contributed by atoms with Crippen LogP contribution < -0.4 is 0 Å². The summed E-state index contributed by atoms with van der Waals surface area (Å²) in [7, 11) is 1.75. The minimum Gasteiger partial charge on any atom is -0.298 e. The Bertz CT molecular complexity index is 1200. The fourth-order valence-electron chi connectivity index (χ4n) is 3.52. The van der Waals surface area contributed by atoms with Crippen molar-refractivity contribution in [2.45, 2.75) is 33.9 Å². The molecule has 33 heavy (non-hydrogen) atoms. The van der Waals surface area contributed by atoms with Gasteiger partial charge in [-0.2, -0.15) is 0 Å². The van der Waals surface area contributed by atoms with Crippen molar-refractivity contribution in [1.82, 2.24) is 4.90 Å². The number of Topliss-reactive ketones (excluding diaryl/α,β-unsaturated/α-hetero) is 1. The predicted molar refractivity (Wildman–Crippen MR) is 122 cm³/mol. The van der Waals surface area contributed by atoms with Crippen molar-refractivity contribution >= 4 is 11.6 Å². The molecule has 0 radical (unpaired) electrons. The van der Waals surface area contributed by atoms with E-state index in [-0.39, 0.29) is 29.0 Å². The van der Waals surface area contributed by atoms with Crippen molar-refractivity contribution in [3.05, 3.63) is 106 Å². The van der Waals surface area contributed by atoms with Crippen LogP contribution in [0.4, 0.5) is 13.2 Å². The number of carbonyl (C=O) groups excluding carboxylic acids is 2. The van der Waals surface area contributed by atoms with Gasteiger partial charge >= 0.3 is 0 Å². The van der Waals surface area contributed by atoms with Gasteiger partial charge < -0.3 is 0 Å². The molecule has 0 saturated carbocycles. The van der Waals surface area contributed by atoms with Gasteiger partial charge in [0.2, 0.25) is 0 Å². The second kappa shape index (κ2) is 9.71. The van der Waals surface area contributed by atoms with Crippen LogP contribution in [-0.4, -0.2) is 23.5 Å². The molecular weight excluding hydrogens is 427 g/mol. The molecule has 0 bridgehead atoms. The van der Waals surface area contributed by atoms with Gasteiger partial charge in [0.1, 0.15) is 17.5 Å². The van der Waals surface area contributed by atoms with E-state index in [9.17, 15) is 22.8 Å². The van der Waals surface area contributed by atoms with Crippen molar-refractivity contribution < 1.29 is 22.8 Å². The first-order chi connectivity index (χ1) is 15.5. The maximum atomic E-state index is 14.7. The number of nitrogens with zero attached hydrogens (tertiary/aromatic N) is 1. The predicted octanol–water partition coefficient (Wildman–Crippen LogP) is 6.20. The summed E-state index contributed by atoms with van der Waals surface area (Å²) >= 11 is 0. The maximum Gasteiger partial charge on any atom is 0.196 e. The third kappa shape index (κ3) is 5.76. The van der Waals surface area contributed by atoms with Crippen LogP contribution in [0, 0.1) is 22.9 Å². The number of rotatable bonds is 7. The third-order valence-electron chi connectivity index (χ3n) is 5.29. The lowest BCUT2D eigenvalue weighted by Crippen LogP contribution is -2.22. The van der Waals surface area contributed by atoms with Gasteiger partial charge in [0.25, 0.3) is 0 Å².